The molecule has 0 atom stereocenters. The SMILES string of the molecule is CCCCCOc1ccc(Cn2c(CC)nc(Cl)c2/C=C/C(=O)OC)c(Cl)c1. The van der Waals surface area contributed by atoms with E-state index in [1.54, 1.807) is 6.08 Å². The molecule has 2 rings (SSSR count). The molecule has 0 radical (unpaired) electrons. The summed E-state index contributed by atoms with van der Waals surface area (Å²) in [5.41, 5.74) is 1.55. The Morgan fingerprint density at radius 3 is 2.68 bits per heavy atom. The normalized spacial score (nSPS) is 11.2. The monoisotopic (exact) mass is 424 g/mol. The molecule has 1 aromatic heterocycles. The summed E-state index contributed by atoms with van der Waals surface area (Å²) in [7, 11) is 1.33. The molecular formula is C21H26Cl2N2O3. The van der Waals surface area contributed by atoms with Crippen molar-refractivity contribution in [2.45, 2.75) is 46.1 Å². The molecule has 7 heteroatoms. The number of hydrogen-bond donors (Lipinski definition) is 0. The summed E-state index contributed by atoms with van der Waals surface area (Å²) in [6.45, 7) is 5.33. The number of unbranched alkanes of at least 4 members (excludes halogenated alkanes) is 2. The number of imidazole rings is 1. The van der Waals surface area contributed by atoms with Gasteiger partial charge in [0.05, 0.1) is 26.0 Å². The lowest BCUT2D eigenvalue weighted by Crippen LogP contribution is -2.07. The highest BCUT2D eigenvalue weighted by molar-refractivity contribution is 6.31. The number of esters is 1. The maximum atomic E-state index is 11.4. The standard InChI is InChI=1S/C21H26Cl2N2O3/c1-4-6-7-12-28-16-9-8-15(17(22)13-16)14-25-18(10-11-20(26)27-3)21(23)24-19(25)5-2/h8-11,13H,4-7,12,14H2,1-3H3/b11-10+. The molecule has 1 heterocycles. The summed E-state index contributed by atoms with van der Waals surface area (Å²) in [5, 5.41) is 0.951. The molecule has 0 saturated heterocycles. The number of aromatic nitrogens is 2. The van der Waals surface area contributed by atoms with Crippen molar-refractivity contribution < 1.29 is 14.3 Å². The van der Waals surface area contributed by atoms with Gasteiger partial charge in [0.15, 0.2) is 5.15 Å². The lowest BCUT2D eigenvalue weighted by atomic mass is 10.2. The van der Waals surface area contributed by atoms with Gasteiger partial charge in [-0.15, -0.1) is 0 Å². The predicted octanol–water partition coefficient (Wildman–Crippen LogP) is 5.56. The van der Waals surface area contributed by atoms with Crippen LogP contribution < -0.4 is 4.74 Å². The number of ether oxygens (including phenoxy) is 2. The van der Waals surface area contributed by atoms with Crippen LogP contribution >= 0.6 is 23.2 Å². The number of aryl methyl sites for hydroxylation is 1. The molecule has 152 valence electrons. The molecule has 28 heavy (non-hydrogen) atoms. The highest BCUT2D eigenvalue weighted by atomic mass is 35.5. The number of carbonyl (C=O) groups excluding carboxylic acids is 1. The Morgan fingerprint density at radius 2 is 2.04 bits per heavy atom. The minimum Gasteiger partial charge on any atom is -0.494 e. The Bertz CT molecular complexity index is 831. The van der Waals surface area contributed by atoms with Crippen molar-refractivity contribution in [3.63, 3.8) is 0 Å². The predicted molar refractivity (Wildman–Crippen MR) is 113 cm³/mol. The smallest absolute Gasteiger partial charge is 0.330 e. The molecule has 0 bridgehead atoms. The quantitative estimate of drug-likeness (QED) is 0.284. The largest absolute Gasteiger partial charge is 0.494 e. The van der Waals surface area contributed by atoms with Gasteiger partial charge in [-0.25, -0.2) is 9.78 Å². The van der Waals surface area contributed by atoms with Crippen molar-refractivity contribution in [1.29, 1.82) is 0 Å². The summed E-state index contributed by atoms with van der Waals surface area (Å²) < 4.78 is 12.4. The van der Waals surface area contributed by atoms with Crippen LogP contribution in [0, 0.1) is 0 Å². The minimum atomic E-state index is -0.454. The number of benzene rings is 1. The van der Waals surface area contributed by atoms with Gasteiger partial charge in [0.2, 0.25) is 0 Å². The Labute approximate surface area is 176 Å². The Hall–Kier alpha value is -1.98. The van der Waals surface area contributed by atoms with Crippen LogP contribution in [0.25, 0.3) is 6.08 Å². The van der Waals surface area contributed by atoms with Gasteiger partial charge in [0, 0.05) is 17.5 Å². The summed E-state index contributed by atoms with van der Waals surface area (Å²) in [5.74, 6) is 1.12. The van der Waals surface area contributed by atoms with Crippen molar-refractivity contribution in [2.75, 3.05) is 13.7 Å². The summed E-state index contributed by atoms with van der Waals surface area (Å²) >= 11 is 12.8. The molecule has 0 amide bonds. The van der Waals surface area contributed by atoms with Crippen molar-refractivity contribution in [2.24, 2.45) is 0 Å². The Morgan fingerprint density at radius 1 is 1.25 bits per heavy atom. The molecule has 0 fully saturated rings. The maximum Gasteiger partial charge on any atom is 0.330 e. The third-order valence-electron chi connectivity index (χ3n) is 4.31. The van der Waals surface area contributed by atoms with Crippen molar-refractivity contribution in [1.82, 2.24) is 9.55 Å². The second kappa shape index (κ2) is 11.1. The number of nitrogens with zero attached hydrogens (tertiary/aromatic N) is 2. The molecule has 0 aliphatic heterocycles. The molecule has 5 nitrogen and oxygen atoms in total. The van der Waals surface area contributed by atoms with Crippen molar-refractivity contribution >= 4 is 35.2 Å². The first-order valence-electron chi connectivity index (χ1n) is 9.42. The fourth-order valence-corrected chi connectivity index (χ4v) is 3.25. The lowest BCUT2D eigenvalue weighted by Gasteiger charge is -2.13. The van der Waals surface area contributed by atoms with Crippen LogP contribution in [0.15, 0.2) is 24.3 Å². The van der Waals surface area contributed by atoms with Gasteiger partial charge in [-0.2, -0.15) is 0 Å². The highest BCUT2D eigenvalue weighted by Crippen LogP contribution is 2.27. The zero-order chi connectivity index (χ0) is 20.5. The van der Waals surface area contributed by atoms with Gasteiger partial charge in [0.1, 0.15) is 11.6 Å². The van der Waals surface area contributed by atoms with Crippen LogP contribution in [-0.2, 0) is 22.5 Å². The Kier molecular flexibility index (Phi) is 8.87. The molecule has 0 unspecified atom stereocenters. The zero-order valence-corrected chi connectivity index (χ0v) is 18.0. The molecule has 0 N–H and O–H groups in total. The highest BCUT2D eigenvalue weighted by Gasteiger charge is 2.15. The Balaban J connectivity index is 2.22. The van der Waals surface area contributed by atoms with E-state index in [9.17, 15) is 4.79 Å². The van der Waals surface area contributed by atoms with Gasteiger partial charge >= 0.3 is 5.97 Å². The average Bonchev–Trinajstić information content (AvgIpc) is 2.99. The third-order valence-corrected chi connectivity index (χ3v) is 4.94. The number of rotatable bonds is 10. The van der Waals surface area contributed by atoms with Crippen molar-refractivity contribution in [3.05, 3.63) is 51.5 Å². The first-order chi connectivity index (χ1) is 13.5. The zero-order valence-electron chi connectivity index (χ0n) is 16.5. The summed E-state index contributed by atoms with van der Waals surface area (Å²) in [6.07, 6.45) is 6.96. The van der Waals surface area contributed by atoms with Gasteiger partial charge in [-0.05, 0) is 30.2 Å². The molecule has 2 aromatic rings. The van der Waals surface area contributed by atoms with E-state index >= 15 is 0 Å². The average molecular weight is 425 g/mol. The van der Waals surface area contributed by atoms with Gasteiger partial charge < -0.3 is 14.0 Å². The van der Waals surface area contributed by atoms with Crippen LogP contribution in [-0.4, -0.2) is 29.2 Å². The van der Waals surface area contributed by atoms with Gasteiger partial charge in [-0.3, -0.25) is 0 Å². The first kappa shape index (κ1) is 22.3. The molecule has 0 aliphatic carbocycles. The molecular weight excluding hydrogens is 399 g/mol. The van der Waals surface area contributed by atoms with E-state index in [-0.39, 0.29) is 0 Å². The van der Waals surface area contributed by atoms with Crippen molar-refractivity contribution in [3.8, 4) is 5.75 Å². The second-order valence-corrected chi connectivity index (χ2v) is 7.07. The molecule has 0 aliphatic rings. The molecule has 0 saturated carbocycles. The van der Waals surface area contributed by atoms with E-state index < -0.39 is 5.97 Å². The maximum absolute atomic E-state index is 11.4. The van der Waals surface area contributed by atoms with Crippen LogP contribution in [0.2, 0.25) is 10.2 Å². The van der Waals surface area contributed by atoms with Gasteiger partial charge in [-0.1, -0.05) is 56.0 Å². The van der Waals surface area contributed by atoms with E-state index in [2.05, 4.69) is 16.6 Å². The topological polar surface area (TPSA) is 53.4 Å². The fraction of sp³-hybridized carbons (Fsp3) is 0.429. The van der Waals surface area contributed by atoms with Crippen LogP contribution in [0.1, 0.15) is 50.2 Å². The number of methoxy groups -OCH3 is 1. The van der Waals surface area contributed by atoms with E-state index in [0.717, 1.165) is 36.4 Å². The molecule has 0 spiro atoms. The number of carbonyl (C=O) groups is 1. The van der Waals surface area contributed by atoms with Crippen LogP contribution in [0.4, 0.5) is 0 Å². The van der Waals surface area contributed by atoms with Crippen LogP contribution in [0.5, 0.6) is 5.75 Å². The third kappa shape index (κ3) is 6.01. The first-order valence-corrected chi connectivity index (χ1v) is 10.2. The van der Waals surface area contributed by atoms with Gasteiger partial charge in [0.25, 0.3) is 0 Å². The van der Waals surface area contributed by atoms with E-state index in [0.29, 0.717) is 35.4 Å². The number of hydrogen-bond acceptors (Lipinski definition) is 4. The fourth-order valence-electron chi connectivity index (χ4n) is 2.76. The summed E-state index contributed by atoms with van der Waals surface area (Å²) in [4.78, 5) is 15.8. The number of halogens is 2. The van der Waals surface area contributed by atoms with E-state index in [1.807, 2.05) is 29.7 Å². The minimum absolute atomic E-state index is 0.337. The van der Waals surface area contributed by atoms with E-state index in [4.69, 9.17) is 27.9 Å². The second-order valence-electron chi connectivity index (χ2n) is 6.31. The summed E-state index contributed by atoms with van der Waals surface area (Å²) in [6, 6.07) is 5.69. The van der Waals surface area contributed by atoms with E-state index in [1.165, 1.54) is 13.2 Å². The molecule has 1 aromatic carbocycles. The lowest BCUT2D eigenvalue weighted by molar-refractivity contribution is -0.134. The van der Waals surface area contributed by atoms with Crippen LogP contribution in [0.3, 0.4) is 0 Å².